The third kappa shape index (κ3) is 5.50. The molecule has 2 fully saturated rings. The smallest absolute Gasteiger partial charge is 0.288 e. The van der Waals surface area contributed by atoms with Gasteiger partial charge in [0, 0.05) is 44.2 Å². The van der Waals surface area contributed by atoms with Crippen LogP contribution in [0.1, 0.15) is 63.4 Å². The first-order valence-corrected chi connectivity index (χ1v) is 13.7. The van der Waals surface area contributed by atoms with E-state index in [1.165, 1.54) is 32.4 Å². The Morgan fingerprint density at radius 1 is 1.08 bits per heavy atom. The number of carbonyl (C=O) groups is 1. The third-order valence-corrected chi connectivity index (χ3v) is 8.06. The van der Waals surface area contributed by atoms with Crippen molar-refractivity contribution < 1.29 is 28.8 Å². The fourth-order valence-electron chi connectivity index (χ4n) is 6.13. The third-order valence-electron chi connectivity index (χ3n) is 8.06. The van der Waals surface area contributed by atoms with Crippen LogP contribution < -0.4 is 9.47 Å². The normalized spacial score (nSPS) is 27.0. The highest BCUT2D eigenvalue weighted by molar-refractivity contribution is 5.92. The number of allylic oxidation sites excluding steroid dienone is 1. The fourth-order valence-corrected chi connectivity index (χ4v) is 6.13. The predicted molar refractivity (Wildman–Crippen MR) is 135 cm³/mol. The van der Waals surface area contributed by atoms with E-state index in [4.69, 9.17) is 18.9 Å². The topological polar surface area (TPSA) is 80.7 Å². The molecule has 3 atom stereocenters. The summed E-state index contributed by atoms with van der Waals surface area (Å²) in [5.41, 5.74) is 1.03. The molecule has 0 aromatic heterocycles. The molecule has 0 radical (unpaired) electrons. The van der Waals surface area contributed by atoms with E-state index in [0.29, 0.717) is 30.6 Å². The van der Waals surface area contributed by atoms with E-state index in [0.717, 1.165) is 43.7 Å². The van der Waals surface area contributed by atoms with E-state index in [1.807, 2.05) is 36.1 Å². The molecule has 1 amide bonds. The summed E-state index contributed by atoms with van der Waals surface area (Å²) in [4.78, 5) is 18.2. The van der Waals surface area contributed by atoms with Crippen LogP contribution in [0.5, 0.6) is 11.5 Å². The number of ether oxygens (including phenoxy) is 4. The van der Waals surface area contributed by atoms with Crippen LogP contribution in [0.2, 0.25) is 0 Å². The minimum atomic E-state index is -0.549. The lowest BCUT2D eigenvalue weighted by molar-refractivity contribution is -0.171. The summed E-state index contributed by atoms with van der Waals surface area (Å²) in [6.45, 7) is 6.62. The number of hydrogen-bond acceptors (Lipinski definition) is 7. The van der Waals surface area contributed by atoms with Crippen molar-refractivity contribution in [3.8, 4) is 11.5 Å². The molecule has 2 saturated heterocycles. The highest BCUT2D eigenvalue weighted by Gasteiger charge is 2.40. The Kier molecular flexibility index (Phi) is 8.34. The van der Waals surface area contributed by atoms with Crippen LogP contribution in [0, 0.1) is 5.92 Å². The molecule has 5 rings (SSSR count). The summed E-state index contributed by atoms with van der Waals surface area (Å²) < 4.78 is 23.4. The SMILES string of the molecule is CCO[C@@H]1OC(C(=O)N2CCC(N3CCCCC3)CC2)=C[C@H](c2ccc3c(c2)OCO3)[C@@H]1CCCO. The maximum atomic E-state index is 13.6. The number of carbonyl (C=O) groups excluding carboxylic acids is 1. The Morgan fingerprint density at radius 2 is 1.86 bits per heavy atom. The van der Waals surface area contributed by atoms with Crippen LogP contribution in [0.3, 0.4) is 0 Å². The van der Waals surface area contributed by atoms with Crippen molar-refractivity contribution >= 4 is 5.91 Å². The van der Waals surface area contributed by atoms with Gasteiger partial charge in [0.05, 0.1) is 0 Å². The predicted octanol–water partition coefficient (Wildman–Crippen LogP) is 3.64. The first-order chi connectivity index (χ1) is 17.7. The molecule has 0 unspecified atom stereocenters. The van der Waals surface area contributed by atoms with Crippen molar-refractivity contribution in [2.45, 2.75) is 70.1 Å². The zero-order valence-corrected chi connectivity index (χ0v) is 21.4. The number of nitrogens with zero attached hydrogens (tertiary/aromatic N) is 2. The molecule has 36 heavy (non-hydrogen) atoms. The fraction of sp³-hybridized carbons (Fsp3) is 0.679. The average molecular weight is 501 g/mol. The Morgan fingerprint density at radius 3 is 2.61 bits per heavy atom. The number of fused-ring (bicyclic) bond motifs is 1. The summed E-state index contributed by atoms with van der Waals surface area (Å²) in [5, 5.41) is 9.52. The highest BCUT2D eigenvalue weighted by Crippen LogP contribution is 2.43. The van der Waals surface area contributed by atoms with E-state index in [2.05, 4.69) is 4.90 Å². The Labute approximate surface area is 214 Å². The average Bonchev–Trinajstić information content (AvgIpc) is 3.40. The first kappa shape index (κ1) is 25.4. The van der Waals surface area contributed by atoms with Gasteiger partial charge in [-0.15, -0.1) is 0 Å². The van der Waals surface area contributed by atoms with Gasteiger partial charge in [-0.2, -0.15) is 0 Å². The number of aliphatic hydroxyl groups is 1. The molecule has 8 heteroatoms. The molecule has 1 aromatic carbocycles. The second-order valence-electron chi connectivity index (χ2n) is 10.3. The summed E-state index contributed by atoms with van der Waals surface area (Å²) in [6, 6.07) is 6.53. The summed E-state index contributed by atoms with van der Waals surface area (Å²) in [6.07, 6.45) is 8.72. The number of hydrogen-bond donors (Lipinski definition) is 1. The number of benzene rings is 1. The van der Waals surface area contributed by atoms with Crippen LogP contribution in [0.15, 0.2) is 30.0 Å². The number of rotatable bonds is 8. The van der Waals surface area contributed by atoms with Crippen molar-refractivity contribution in [2.75, 3.05) is 46.2 Å². The van der Waals surface area contributed by atoms with Crippen LogP contribution in [0.25, 0.3) is 0 Å². The second-order valence-corrected chi connectivity index (χ2v) is 10.3. The van der Waals surface area contributed by atoms with E-state index < -0.39 is 6.29 Å². The quantitative estimate of drug-likeness (QED) is 0.584. The molecule has 4 heterocycles. The molecule has 1 aromatic rings. The van der Waals surface area contributed by atoms with Gasteiger partial charge in [0.15, 0.2) is 17.3 Å². The molecule has 0 bridgehead atoms. The van der Waals surface area contributed by atoms with Crippen LogP contribution in [0.4, 0.5) is 0 Å². The van der Waals surface area contributed by atoms with E-state index in [-0.39, 0.29) is 31.1 Å². The Balaban J connectivity index is 1.35. The molecule has 1 N–H and O–H groups in total. The molecule has 8 nitrogen and oxygen atoms in total. The maximum absolute atomic E-state index is 13.6. The molecule has 0 spiro atoms. The lowest BCUT2D eigenvalue weighted by atomic mass is 9.80. The van der Waals surface area contributed by atoms with E-state index in [9.17, 15) is 9.90 Å². The summed E-state index contributed by atoms with van der Waals surface area (Å²) in [7, 11) is 0. The molecule has 4 aliphatic heterocycles. The monoisotopic (exact) mass is 500 g/mol. The molecular formula is C28H40N2O6. The minimum absolute atomic E-state index is 0.0288. The van der Waals surface area contributed by atoms with Gasteiger partial charge in [-0.05, 0) is 82.3 Å². The molecule has 4 aliphatic rings. The van der Waals surface area contributed by atoms with Gasteiger partial charge >= 0.3 is 0 Å². The molecule has 0 saturated carbocycles. The Bertz CT molecular complexity index is 923. The minimum Gasteiger partial charge on any atom is -0.459 e. The summed E-state index contributed by atoms with van der Waals surface area (Å²) in [5.74, 6) is 1.64. The van der Waals surface area contributed by atoms with Gasteiger partial charge in [-0.25, -0.2) is 0 Å². The van der Waals surface area contributed by atoms with Crippen molar-refractivity contribution in [2.24, 2.45) is 5.92 Å². The standard InChI is InChI=1S/C28H40N2O6/c1-2-33-28-22(7-6-16-31)23(20-8-9-24-25(17-20)35-19-34-24)18-26(36-28)27(32)30-14-10-21(11-15-30)29-12-4-3-5-13-29/h8-9,17-18,21-23,28,31H,2-7,10-16,19H2,1H3/t22-,23+,28+/m0/s1. The molecule has 0 aliphatic carbocycles. The van der Waals surface area contributed by atoms with Gasteiger partial charge in [0.1, 0.15) is 0 Å². The van der Waals surface area contributed by atoms with Gasteiger partial charge in [0.25, 0.3) is 5.91 Å². The van der Waals surface area contributed by atoms with Crippen LogP contribution >= 0.6 is 0 Å². The van der Waals surface area contributed by atoms with Crippen molar-refractivity contribution in [3.05, 3.63) is 35.6 Å². The van der Waals surface area contributed by atoms with Gasteiger partial charge in [-0.3, -0.25) is 4.79 Å². The molecule has 198 valence electrons. The number of likely N-dealkylation sites (tertiary alicyclic amines) is 2. The first-order valence-electron chi connectivity index (χ1n) is 13.7. The summed E-state index contributed by atoms with van der Waals surface area (Å²) >= 11 is 0. The van der Waals surface area contributed by atoms with Gasteiger partial charge in [0.2, 0.25) is 13.1 Å². The highest BCUT2D eigenvalue weighted by atomic mass is 16.7. The number of piperidine rings is 2. The number of aliphatic hydroxyl groups excluding tert-OH is 1. The van der Waals surface area contributed by atoms with Gasteiger partial charge < -0.3 is 33.9 Å². The van der Waals surface area contributed by atoms with E-state index >= 15 is 0 Å². The zero-order chi connectivity index (χ0) is 24.9. The molecular weight excluding hydrogens is 460 g/mol. The maximum Gasteiger partial charge on any atom is 0.288 e. The van der Waals surface area contributed by atoms with Crippen molar-refractivity contribution in [1.82, 2.24) is 9.80 Å². The van der Waals surface area contributed by atoms with Crippen LogP contribution in [-0.4, -0.2) is 79.3 Å². The lowest BCUT2D eigenvalue weighted by Crippen LogP contribution is -2.49. The number of amides is 1. The lowest BCUT2D eigenvalue weighted by Gasteiger charge is -2.41. The van der Waals surface area contributed by atoms with Gasteiger partial charge in [-0.1, -0.05) is 12.5 Å². The second kappa shape index (κ2) is 11.8. The zero-order valence-electron chi connectivity index (χ0n) is 21.4. The van der Waals surface area contributed by atoms with Crippen LogP contribution in [-0.2, 0) is 14.3 Å². The van der Waals surface area contributed by atoms with Crippen molar-refractivity contribution in [3.63, 3.8) is 0 Å². The largest absolute Gasteiger partial charge is 0.459 e. The van der Waals surface area contributed by atoms with Crippen molar-refractivity contribution in [1.29, 1.82) is 0 Å². The van der Waals surface area contributed by atoms with E-state index in [1.54, 1.807) is 0 Å². The Hall–Kier alpha value is -2.29.